The van der Waals surface area contributed by atoms with E-state index in [1.807, 2.05) is 0 Å². The summed E-state index contributed by atoms with van der Waals surface area (Å²) < 4.78 is 10.5. The number of imide groups is 1. The van der Waals surface area contributed by atoms with Crippen LogP contribution in [0.1, 0.15) is 47.2 Å². The zero-order chi connectivity index (χ0) is 23.7. The van der Waals surface area contributed by atoms with Crippen LogP contribution >= 0.6 is 0 Å². The molecule has 3 heterocycles. The number of carbonyl (C=O) groups is 4. The van der Waals surface area contributed by atoms with Gasteiger partial charge in [-0.2, -0.15) is 0 Å². The molecule has 172 valence electrons. The minimum atomic E-state index is -0.492. The lowest BCUT2D eigenvalue weighted by atomic mass is 10.0. The fourth-order valence-corrected chi connectivity index (χ4v) is 4.04. The smallest absolute Gasteiger partial charge is 0.261 e. The summed E-state index contributed by atoms with van der Waals surface area (Å²) in [5.74, 6) is -1.13. The molecule has 9 heteroatoms. The van der Waals surface area contributed by atoms with Crippen molar-refractivity contribution in [2.45, 2.75) is 6.54 Å². The predicted octanol–water partition coefficient (Wildman–Crippen LogP) is 2.80. The largest absolute Gasteiger partial charge is 0.467 e. The first kappa shape index (κ1) is 21.6. The number of benzene rings is 2. The molecule has 0 bridgehead atoms. The second kappa shape index (κ2) is 8.95. The highest BCUT2D eigenvalue weighted by Crippen LogP contribution is 2.27. The molecule has 0 spiro atoms. The van der Waals surface area contributed by atoms with Crippen LogP contribution in [0.3, 0.4) is 0 Å². The quantitative estimate of drug-likeness (QED) is 0.588. The Morgan fingerprint density at radius 3 is 2.44 bits per heavy atom. The molecule has 2 aliphatic heterocycles. The first-order valence-electron chi connectivity index (χ1n) is 10.8. The Hall–Kier alpha value is -4.24. The van der Waals surface area contributed by atoms with E-state index in [2.05, 4.69) is 5.32 Å². The Morgan fingerprint density at radius 1 is 0.912 bits per heavy atom. The average Bonchev–Trinajstić information content (AvgIpc) is 3.47. The number of hydrogen-bond acceptors (Lipinski definition) is 6. The molecule has 0 unspecified atom stereocenters. The number of carbonyl (C=O) groups excluding carboxylic acids is 4. The van der Waals surface area contributed by atoms with Gasteiger partial charge in [-0.05, 0) is 42.5 Å². The number of anilines is 1. The lowest BCUT2D eigenvalue weighted by Gasteiger charge is -2.27. The number of morpholine rings is 1. The van der Waals surface area contributed by atoms with Gasteiger partial charge in [-0.25, -0.2) is 0 Å². The zero-order valence-corrected chi connectivity index (χ0v) is 18.2. The fourth-order valence-electron chi connectivity index (χ4n) is 4.04. The lowest BCUT2D eigenvalue weighted by molar-refractivity contribution is 0.0303. The molecule has 1 saturated heterocycles. The van der Waals surface area contributed by atoms with E-state index in [0.29, 0.717) is 43.3 Å². The van der Waals surface area contributed by atoms with Crippen LogP contribution in [0, 0.1) is 0 Å². The van der Waals surface area contributed by atoms with Crippen LogP contribution in [0.15, 0.2) is 65.3 Å². The molecule has 4 amide bonds. The minimum Gasteiger partial charge on any atom is -0.467 e. The third kappa shape index (κ3) is 3.97. The Balaban J connectivity index is 1.36. The monoisotopic (exact) mass is 459 g/mol. The molecule has 1 N–H and O–H groups in total. The van der Waals surface area contributed by atoms with Gasteiger partial charge in [0.1, 0.15) is 5.76 Å². The Morgan fingerprint density at radius 2 is 1.68 bits per heavy atom. The van der Waals surface area contributed by atoms with E-state index in [1.165, 1.54) is 24.5 Å². The minimum absolute atomic E-state index is 0.0118. The van der Waals surface area contributed by atoms with Crippen molar-refractivity contribution in [3.05, 3.63) is 88.9 Å². The summed E-state index contributed by atoms with van der Waals surface area (Å²) in [6, 6.07) is 14.5. The van der Waals surface area contributed by atoms with Crippen molar-refractivity contribution in [3.63, 3.8) is 0 Å². The topological polar surface area (TPSA) is 109 Å². The number of para-hydroxylation sites is 1. The van der Waals surface area contributed by atoms with Gasteiger partial charge in [0.15, 0.2) is 0 Å². The zero-order valence-electron chi connectivity index (χ0n) is 18.2. The van der Waals surface area contributed by atoms with Crippen molar-refractivity contribution in [2.75, 3.05) is 31.6 Å². The first-order valence-corrected chi connectivity index (χ1v) is 10.8. The fraction of sp³-hybridized carbons (Fsp3) is 0.200. The molecule has 3 aromatic rings. The van der Waals surface area contributed by atoms with Gasteiger partial charge in [-0.15, -0.1) is 0 Å². The molecule has 1 fully saturated rings. The SMILES string of the molecule is O=C(Nc1ccccc1C(=O)N1CCOCC1)c1ccc2c(c1)C(=O)N(Cc1ccco1)C2=O. The van der Waals surface area contributed by atoms with Crippen LogP contribution in [-0.2, 0) is 11.3 Å². The van der Waals surface area contributed by atoms with Crippen molar-refractivity contribution in [2.24, 2.45) is 0 Å². The Bertz CT molecular complexity index is 1280. The maximum absolute atomic E-state index is 13.0. The van der Waals surface area contributed by atoms with Crippen LogP contribution in [0.4, 0.5) is 5.69 Å². The van der Waals surface area contributed by atoms with E-state index in [9.17, 15) is 19.2 Å². The van der Waals surface area contributed by atoms with Gasteiger partial charge in [0, 0.05) is 18.7 Å². The van der Waals surface area contributed by atoms with Gasteiger partial charge >= 0.3 is 0 Å². The molecule has 1 aromatic heterocycles. The van der Waals surface area contributed by atoms with Crippen molar-refractivity contribution in [1.82, 2.24) is 9.80 Å². The summed E-state index contributed by atoms with van der Waals surface area (Å²) in [6.07, 6.45) is 1.47. The number of rotatable bonds is 5. The van der Waals surface area contributed by atoms with Crippen LogP contribution in [0.2, 0.25) is 0 Å². The predicted molar refractivity (Wildman–Crippen MR) is 120 cm³/mol. The molecule has 34 heavy (non-hydrogen) atoms. The van der Waals surface area contributed by atoms with E-state index in [1.54, 1.807) is 41.3 Å². The summed E-state index contributed by atoms with van der Waals surface area (Å²) in [7, 11) is 0. The van der Waals surface area contributed by atoms with Crippen LogP contribution in [0.5, 0.6) is 0 Å². The Kier molecular flexibility index (Phi) is 5.69. The normalized spacial score (nSPS) is 15.4. The lowest BCUT2D eigenvalue weighted by Crippen LogP contribution is -2.41. The van der Waals surface area contributed by atoms with Gasteiger partial charge in [-0.1, -0.05) is 12.1 Å². The molecule has 5 rings (SSSR count). The van der Waals surface area contributed by atoms with Crippen molar-refractivity contribution in [3.8, 4) is 0 Å². The van der Waals surface area contributed by atoms with E-state index >= 15 is 0 Å². The van der Waals surface area contributed by atoms with E-state index < -0.39 is 17.7 Å². The number of nitrogens with zero attached hydrogens (tertiary/aromatic N) is 2. The second-order valence-corrected chi connectivity index (χ2v) is 7.94. The van der Waals surface area contributed by atoms with Crippen molar-refractivity contribution >= 4 is 29.3 Å². The van der Waals surface area contributed by atoms with Gasteiger partial charge in [0.25, 0.3) is 23.6 Å². The number of fused-ring (bicyclic) bond motifs is 1. The van der Waals surface area contributed by atoms with E-state index in [4.69, 9.17) is 9.15 Å². The molecule has 2 aliphatic rings. The van der Waals surface area contributed by atoms with Gasteiger partial charge in [0.05, 0.1) is 48.4 Å². The average molecular weight is 459 g/mol. The molecule has 0 saturated carbocycles. The van der Waals surface area contributed by atoms with Gasteiger partial charge < -0.3 is 19.4 Å². The Labute approximate surface area is 194 Å². The second-order valence-electron chi connectivity index (χ2n) is 7.94. The van der Waals surface area contributed by atoms with Crippen molar-refractivity contribution in [1.29, 1.82) is 0 Å². The van der Waals surface area contributed by atoms with Crippen LogP contribution in [0.25, 0.3) is 0 Å². The number of nitrogens with one attached hydrogen (secondary N) is 1. The van der Waals surface area contributed by atoms with Crippen molar-refractivity contribution < 1.29 is 28.3 Å². The van der Waals surface area contributed by atoms with Crippen LogP contribution in [-0.4, -0.2) is 59.7 Å². The molecule has 2 aromatic carbocycles. The highest BCUT2D eigenvalue weighted by molar-refractivity contribution is 6.22. The number of amides is 4. The van der Waals surface area contributed by atoms with Gasteiger partial charge in [-0.3, -0.25) is 24.1 Å². The third-order valence-corrected chi connectivity index (χ3v) is 5.83. The summed E-state index contributed by atoms with van der Waals surface area (Å²) in [6.45, 7) is 1.92. The first-order chi connectivity index (χ1) is 16.5. The summed E-state index contributed by atoms with van der Waals surface area (Å²) in [5.41, 5.74) is 1.33. The summed E-state index contributed by atoms with van der Waals surface area (Å²) in [5, 5.41) is 2.77. The molecular formula is C25H21N3O6. The molecular weight excluding hydrogens is 438 g/mol. The molecule has 0 atom stereocenters. The van der Waals surface area contributed by atoms with Crippen LogP contribution < -0.4 is 5.32 Å². The summed E-state index contributed by atoms with van der Waals surface area (Å²) >= 11 is 0. The van der Waals surface area contributed by atoms with E-state index in [0.717, 1.165) is 4.90 Å². The maximum atomic E-state index is 13.0. The number of furan rings is 1. The van der Waals surface area contributed by atoms with E-state index in [-0.39, 0.29) is 29.1 Å². The third-order valence-electron chi connectivity index (χ3n) is 5.83. The number of hydrogen-bond donors (Lipinski definition) is 1. The molecule has 0 radical (unpaired) electrons. The molecule has 0 aliphatic carbocycles. The summed E-state index contributed by atoms with van der Waals surface area (Å²) in [4.78, 5) is 54.3. The standard InChI is InChI=1S/C25H21N3O6/c29-22(26-21-6-2-1-5-19(21)23(30)27-9-12-33-13-10-27)16-7-8-18-20(14-16)25(32)28(24(18)31)15-17-4-3-11-34-17/h1-8,11,14H,9-10,12-13,15H2,(H,26,29). The van der Waals surface area contributed by atoms with Gasteiger partial charge in [0.2, 0.25) is 0 Å². The highest BCUT2D eigenvalue weighted by atomic mass is 16.5. The highest BCUT2D eigenvalue weighted by Gasteiger charge is 2.36. The molecule has 9 nitrogen and oxygen atoms in total. The maximum Gasteiger partial charge on any atom is 0.261 e. The number of ether oxygens (including phenoxy) is 1.